The van der Waals surface area contributed by atoms with Gasteiger partial charge in [-0.25, -0.2) is 4.98 Å². The maximum absolute atomic E-state index is 7.19. The van der Waals surface area contributed by atoms with E-state index in [4.69, 9.17) is 5.41 Å². The zero-order valence-electron chi connectivity index (χ0n) is 10.7. The lowest BCUT2D eigenvalue weighted by Crippen LogP contribution is -2.03. The lowest BCUT2D eigenvalue weighted by Gasteiger charge is -2.18. The molecule has 0 amide bonds. The molecule has 1 aliphatic heterocycles. The molecule has 1 aliphatic rings. The second-order valence-corrected chi connectivity index (χ2v) is 5.16. The van der Waals surface area contributed by atoms with Crippen LogP contribution in [0.1, 0.15) is 17.9 Å². The summed E-state index contributed by atoms with van der Waals surface area (Å²) in [6, 6.07) is 4.06. The number of fused-ring (bicyclic) bond motifs is 1. The van der Waals surface area contributed by atoms with Gasteiger partial charge < -0.3 is 5.41 Å². The average molecular weight is 268 g/mol. The molecule has 1 atom stereocenters. The van der Waals surface area contributed by atoms with Gasteiger partial charge in [0.2, 0.25) is 0 Å². The van der Waals surface area contributed by atoms with Crippen LogP contribution in [-0.4, -0.2) is 11.2 Å². The van der Waals surface area contributed by atoms with E-state index in [1.807, 2.05) is 23.7 Å². The lowest BCUT2D eigenvalue weighted by atomic mass is 9.87. The number of allylic oxidation sites excluding steroid dienone is 5. The van der Waals surface area contributed by atoms with Crippen molar-refractivity contribution < 1.29 is 0 Å². The fourth-order valence-electron chi connectivity index (χ4n) is 2.07. The molecule has 2 heterocycles. The van der Waals surface area contributed by atoms with E-state index in [0.29, 0.717) is 0 Å². The molecule has 0 bridgehead atoms. The number of nitrogens with one attached hydrogen (secondary N) is 1. The van der Waals surface area contributed by atoms with E-state index in [2.05, 4.69) is 24.2 Å². The first kappa shape index (κ1) is 13.6. The highest BCUT2D eigenvalue weighted by Crippen LogP contribution is 2.39. The summed E-state index contributed by atoms with van der Waals surface area (Å²) < 4.78 is 0. The number of aromatic nitrogens is 1. The van der Waals surface area contributed by atoms with E-state index in [1.54, 1.807) is 23.9 Å². The van der Waals surface area contributed by atoms with Gasteiger partial charge in [0.25, 0.3) is 0 Å². The summed E-state index contributed by atoms with van der Waals surface area (Å²) in [4.78, 5) is 4.42. The fraction of sp³-hybridized carbons (Fsp3) is 0.125. The Bertz CT molecular complexity index is 570. The Morgan fingerprint density at radius 2 is 2.37 bits per heavy atom. The third kappa shape index (κ3) is 3.12. The van der Waals surface area contributed by atoms with Crippen molar-refractivity contribution in [1.82, 2.24) is 4.98 Å². The van der Waals surface area contributed by atoms with Crippen LogP contribution in [0, 0.1) is 5.41 Å². The van der Waals surface area contributed by atoms with E-state index in [-0.39, 0.29) is 5.92 Å². The van der Waals surface area contributed by atoms with Gasteiger partial charge in [-0.2, -0.15) is 0 Å². The highest BCUT2D eigenvalue weighted by molar-refractivity contribution is 8.02. The summed E-state index contributed by atoms with van der Waals surface area (Å²) in [5.74, 6) is 0.194. The van der Waals surface area contributed by atoms with Gasteiger partial charge in [-0.05, 0) is 40.7 Å². The first-order valence-electron chi connectivity index (χ1n) is 6.05. The fourth-order valence-corrected chi connectivity index (χ4v) is 2.91. The molecule has 2 nitrogen and oxygen atoms in total. The summed E-state index contributed by atoms with van der Waals surface area (Å²) in [6.45, 7) is 7.96. The van der Waals surface area contributed by atoms with Gasteiger partial charge in [0.05, 0.1) is 0 Å². The summed E-state index contributed by atoms with van der Waals surface area (Å²) in [5.41, 5.74) is 3.30. The van der Waals surface area contributed by atoms with Crippen LogP contribution >= 0.6 is 11.8 Å². The topological polar surface area (TPSA) is 36.7 Å². The molecular formula is C16H16N2S. The van der Waals surface area contributed by atoms with Crippen LogP contribution < -0.4 is 0 Å². The van der Waals surface area contributed by atoms with Crippen LogP contribution in [0.4, 0.5) is 0 Å². The summed E-state index contributed by atoms with van der Waals surface area (Å²) in [6.07, 6.45) is 9.52. The Balaban J connectivity index is 2.39. The highest BCUT2D eigenvalue weighted by Gasteiger charge is 2.20. The van der Waals surface area contributed by atoms with Gasteiger partial charge in [0, 0.05) is 18.3 Å². The minimum absolute atomic E-state index is 0.194. The third-order valence-electron chi connectivity index (χ3n) is 3.08. The summed E-state index contributed by atoms with van der Waals surface area (Å²) in [7, 11) is 0. The van der Waals surface area contributed by atoms with Gasteiger partial charge >= 0.3 is 0 Å². The van der Waals surface area contributed by atoms with E-state index >= 15 is 0 Å². The van der Waals surface area contributed by atoms with E-state index in [0.717, 1.165) is 22.6 Å². The number of hydrogen-bond donors (Lipinski definition) is 1. The van der Waals surface area contributed by atoms with Gasteiger partial charge in [-0.3, -0.25) is 0 Å². The summed E-state index contributed by atoms with van der Waals surface area (Å²) >= 11 is 1.62. The van der Waals surface area contributed by atoms with Crippen molar-refractivity contribution in [3.05, 3.63) is 71.8 Å². The smallest absolute Gasteiger partial charge is 0.104 e. The number of nitrogens with zero attached hydrogens (tertiary/aromatic N) is 1. The van der Waals surface area contributed by atoms with Crippen molar-refractivity contribution in [3.63, 3.8) is 0 Å². The lowest BCUT2D eigenvalue weighted by molar-refractivity contribution is 0.780. The molecule has 1 N–H and O–H groups in total. The number of thioether (sulfide) groups is 1. The van der Waals surface area contributed by atoms with Crippen LogP contribution in [0.15, 0.2) is 71.3 Å². The van der Waals surface area contributed by atoms with Gasteiger partial charge in [-0.1, -0.05) is 43.1 Å². The van der Waals surface area contributed by atoms with Crippen LogP contribution in [0.25, 0.3) is 0 Å². The molecule has 96 valence electrons. The molecular weight excluding hydrogens is 252 g/mol. The molecule has 1 aromatic rings. The predicted octanol–water partition coefficient (Wildman–Crippen LogP) is 4.49. The van der Waals surface area contributed by atoms with E-state index in [9.17, 15) is 0 Å². The Morgan fingerprint density at radius 1 is 1.53 bits per heavy atom. The number of hydrogen-bond acceptors (Lipinski definition) is 3. The first-order chi connectivity index (χ1) is 9.26. The van der Waals surface area contributed by atoms with Crippen molar-refractivity contribution in [1.29, 1.82) is 5.41 Å². The Kier molecular flexibility index (Phi) is 4.53. The van der Waals surface area contributed by atoms with Crippen LogP contribution in [-0.2, 0) is 0 Å². The molecule has 0 aromatic carbocycles. The van der Waals surface area contributed by atoms with Crippen molar-refractivity contribution in [2.75, 3.05) is 0 Å². The number of rotatable bonds is 4. The highest BCUT2D eigenvalue weighted by atomic mass is 32.2. The van der Waals surface area contributed by atoms with Gasteiger partial charge in [0.1, 0.15) is 5.03 Å². The van der Waals surface area contributed by atoms with Crippen molar-refractivity contribution in [3.8, 4) is 0 Å². The minimum atomic E-state index is 0.194. The van der Waals surface area contributed by atoms with Crippen molar-refractivity contribution in [2.45, 2.75) is 17.4 Å². The molecule has 1 unspecified atom stereocenters. The van der Waals surface area contributed by atoms with Crippen molar-refractivity contribution >= 4 is 18.0 Å². The Labute approximate surface area is 118 Å². The Morgan fingerprint density at radius 3 is 3.11 bits per heavy atom. The maximum atomic E-state index is 7.19. The SMILES string of the molecule is C=C/C(=C\C=N)CC1C(=C)C=CSc2ncccc21. The van der Waals surface area contributed by atoms with Crippen molar-refractivity contribution in [2.24, 2.45) is 0 Å². The van der Waals surface area contributed by atoms with Crippen LogP contribution in [0.2, 0.25) is 0 Å². The molecule has 2 rings (SSSR count). The first-order valence-corrected chi connectivity index (χ1v) is 6.93. The molecule has 0 saturated heterocycles. The minimum Gasteiger partial charge on any atom is -0.309 e. The Hall–Kier alpha value is -1.87. The normalized spacial score (nSPS) is 18.6. The molecule has 1 aromatic heterocycles. The van der Waals surface area contributed by atoms with Crippen LogP contribution in [0.5, 0.6) is 0 Å². The van der Waals surface area contributed by atoms with E-state index in [1.165, 1.54) is 11.8 Å². The quantitative estimate of drug-likeness (QED) is 0.645. The second kappa shape index (κ2) is 6.34. The van der Waals surface area contributed by atoms with Gasteiger partial charge in [0.15, 0.2) is 0 Å². The maximum Gasteiger partial charge on any atom is 0.104 e. The second-order valence-electron chi connectivity index (χ2n) is 4.26. The average Bonchev–Trinajstić information content (AvgIpc) is 2.58. The third-order valence-corrected chi connectivity index (χ3v) is 3.92. The predicted molar refractivity (Wildman–Crippen MR) is 82.8 cm³/mol. The standard InChI is InChI=1S/C16H16N2S/c1-3-13(6-8-17)11-15-12(2)7-10-19-16-14(15)5-4-9-18-16/h3-10,15,17H,1-2,11H2/b13-6+,17-8?. The molecule has 0 saturated carbocycles. The van der Waals surface area contributed by atoms with E-state index < -0.39 is 0 Å². The largest absolute Gasteiger partial charge is 0.309 e. The molecule has 0 spiro atoms. The summed E-state index contributed by atoms with van der Waals surface area (Å²) in [5, 5.41) is 10.2. The molecule has 0 radical (unpaired) electrons. The number of pyridine rings is 1. The molecule has 0 fully saturated rings. The molecule has 19 heavy (non-hydrogen) atoms. The monoisotopic (exact) mass is 268 g/mol. The molecule has 3 heteroatoms. The van der Waals surface area contributed by atoms with Gasteiger partial charge in [-0.15, -0.1) is 0 Å². The molecule has 0 aliphatic carbocycles. The zero-order chi connectivity index (χ0) is 13.7. The zero-order valence-corrected chi connectivity index (χ0v) is 11.5. The van der Waals surface area contributed by atoms with Crippen LogP contribution in [0.3, 0.4) is 0 Å².